The quantitative estimate of drug-likeness (QED) is 0.847. The molecule has 1 aromatic heterocycles. The van der Waals surface area contributed by atoms with Gasteiger partial charge in [-0.1, -0.05) is 12.1 Å². The van der Waals surface area contributed by atoms with Gasteiger partial charge in [0.2, 0.25) is 0 Å². The van der Waals surface area contributed by atoms with Gasteiger partial charge in [0.15, 0.2) is 10.9 Å². The molecule has 1 aromatic carbocycles. The van der Waals surface area contributed by atoms with Gasteiger partial charge in [0.25, 0.3) is 0 Å². The van der Waals surface area contributed by atoms with Crippen LogP contribution in [0.2, 0.25) is 0 Å². The second-order valence-corrected chi connectivity index (χ2v) is 4.97. The number of thiazole rings is 1. The van der Waals surface area contributed by atoms with Gasteiger partial charge in [0.1, 0.15) is 0 Å². The van der Waals surface area contributed by atoms with E-state index >= 15 is 0 Å². The lowest BCUT2D eigenvalue weighted by atomic mass is 10.0. The molecule has 0 spiro atoms. The number of hydrogen-bond acceptors (Lipinski definition) is 4. The first-order valence-corrected chi connectivity index (χ1v) is 6.24. The third-order valence-corrected chi connectivity index (χ3v) is 3.46. The monoisotopic (exact) mass is 246 g/mol. The van der Waals surface area contributed by atoms with Crippen LogP contribution in [0.15, 0.2) is 23.6 Å². The van der Waals surface area contributed by atoms with E-state index in [1.807, 2.05) is 37.4 Å². The predicted octanol–water partition coefficient (Wildman–Crippen LogP) is 2.77. The van der Waals surface area contributed by atoms with Gasteiger partial charge >= 0.3 is 0 Å². The minimum absolute atomic E-state index is 0.0819. The molecule has 88 valence electrons. The molecule has 0 unspecified atom stereocenters. The number of Topliss-reactive ketones (excluding diaryl/α,β-unsaturated/α-hetero) is 1. The van der Waals surface area contributed by atoms with E-state index < -0.39 is 0 Å². The first-order chi connectivity index (χ1) is 8.06. The number of nitrogen functional groups attached to an aromatic ring is 1. The van der Waals surface area contributed by atoms with Crippen molar-refractivity contribution in [2.45, 2.75) is 20.3 Å². The molecular weight excluding hydrogens is 232 g/mol. The molecule has 0 amide bonds. The van der Waals surface area contributed by atoms with E-state index in [1.165, 1.54) is 16.9 Å². The van der Waals surface area contributed by atoms with E-state index in [1.54, 1.807) is 0 Å². The van der Waals surface area contributed by atoms with E-state index in [0.717, 1.165) is 16.8 Å². The highest BCUT2D eigenvalue weighted by molar-refractivity contribution is 7.13. The number of carbonyl (C=O) groups excluding carboxylic acids is 1. The van der Waals surface area contributed by atoms with Crippen LogP contribution in [-0.2, 0) is 6.42 Å². The first kappa shape index (κ1) is 11.8. The zero-order chi connectivity index (χ0) is 12.4. The van der Waals surface area contributed by atoms with Gasteiger partial charge in [-0.2, -0.15) is 0 Å². The van der Waals surface area contributed by atoms with Crippen LogP contribution in [0.3, 0.4) is 0 Å². The van der Waals surface area contributed by atoms with Gasteiger partial charge in [-0.05, 0) is 31.0 Å². The fourth-order valence-corrected chi connectivity index (χ4v) is 2.15. The Labute approximate surface area is 104 Å². The van der Waals surface area contributed by atoms with Gasteiger partial charge < -0.3 is 5.73 Å². The highest BCUT2D eigenvalue weighted by Crippen LogP contribution is 2.15. The van der Waals surface area contributed by atoms with Crippen LogP contribution < -0.4 is 5.73 Å². The molecule has 0 saturated heterocycles. The molecule has 0 aliphatic carbocycles. The summed E-state index contributed by atoms with van der Waals surface area (Å²) in [5, 5.41) is 2.33. The number of nitrogens with two attached hydrogens (primary N) is 1. The van der Waals surface area contributed by atoms with Crippen molar-refractivity contribution < 1.29 is 4.79 Å². The van der Waals surface area contributed by atoms with Gasteiger partial charge in [0.05, 0.1) is 12.1 Å². The Morgan fingerprint density at radius 1 is 1.35 bits per heavy atom. The molecule has 2 rings (SSSR count). The standard InChI is InChI=1S/C13H14N2OS/c1-8-3-4-10(5-9(8)2)12(16)6-11-7-17-13(14)15-11/h3-5,7H,6H2,1-2H3,(H2,14,15). The number of benzene rings is 1. The third kappa shape index (κ3) is 2.71. The number of ketones is 1. The summed E-state index contributed by atoms with van der Waals surface area (Å²) in [6.07, 6.45) is 0.316. The normalized spacial score (nSPS) is 10.5. The maximum absolute atomic E-state index is 12.0. The zero-order valence-corrected chi connectivity index (χ0v) is 10.7. The zero-order valence-electron chi connectivity index (χ0n) is 9.86. The second kappa shape index (κ2) is 4.67. The van der Waals surface area contributed by atoms with Gasteiger partial charge in [-0.3, -0.25) is 4.79 Å². The molecule has 1 heterocycles. The van der Waals surface area contributed by atoms with Crippen LogP contribution in [0, 0.1) is 13.8 Å². The summed E-state index contributed by atoms with van der Waals surface area (Å²) in [6, 6.07) is 5.76. The number of aromatic nitrogens is 1. The maximum atomic E-state index is 12.0. The summed E-state index contributed by atoms with van der Waals surface area (Å²) in [7, 11) is 0. The van der Waals surface area contributed by atoms with E-state index in [0.29, 0.717) is 11.6 Å². The fourth-order valence-electron chi connectivity index (χ4n) is 1.59. The Balaban J connectivity index is 2.17. The van der Waals surface area contributed by atoms with Crippen molar-refractivity contribution in [3.8, 4) is 0 Å². The van der Waals surface area contributed by atoms with Gasteiger partial charge in [-0.15, -0.1) is 11.3 Å². The van der Waals surface area contributed by atoms with E-state index in [2.05, 4.69) is 4.98 Å². The topological polar surface area (TPSA) is 56.0 Å². The van der Waals surface area contributed by atoms with Gasteiger partial charge in [-0.25, -0.2) is 4.98 Å². The minimum Gasteiger partial charge on any atom is -0.375 e. The smallest absolute Gasteiger partial charge is 0.180 e. The van der Waals surface area contributed by atoms with Crippen LogP contribution in [0.1, 0.15) is 27.2 Å². The fraction of sp³-hybridized carbons (Fsp3) is 0.231. The molecule has 0 aliphatic rings. The van der Waals surface area contributed by atoms with E-state index in [-0.39, 0.29) is 5.78 Å². The molecule has 0 radical (unpaired) electrons. The van der Waals surface area contributed by atoms with Crippen molar-refractivity contribution >= 4 is 22.3 Å². The Morgan fingerprint density at radius 3 is 2.71 bits per heavy atom. The molecule has 3 nitrogen and oxygen atoms in total. The molecule has 2 N–H and O–H groups in total. The lowest BCUT2D eigenvalue weighted by molar-refractivity contribution is 0.0992. The number of rotatable bonds is 3. The molecule has 17 heavy (non-hydrogen) atoms. The van der Waals surface area contributed by atoms with E-state index in [4.69, 9.17) is 5.73 Å². The summed E-state index contributed by atoms with van der Waals surface area (Å²) in [5.41, 5.74) is 9.34. The first-order valence-electron chi connectivity index (χ1n) is 5.36. The van der Waals surface area contributed by atoms with Crippen molar-refractivity contribution in [2.75, 3.05) is 5.73 Å². The van der Waals surface area contributed by atoms with Crippen molar-refractivity contribution in [1.29, 1.82) is 0 Å². The van der Waals surface area contributed by atoms with Crippen molar-refractivity contribution in [3.05, 3.63) is 46.0 Å². The molecule has 0 aliphatic heterocycles. The average molecular weight is 246 g/mol. The second-order valence-electron chi connectivity index (χ2n) is 4.08. The number of carbonyl (C=O) groups is 1. The Kier molecular flexibility index (Phi) is 3.24. The lowest BCUT2D eigenvalue weighted by Crippen LogP contribution is -2.04. The Morgan fingerprint density at radius 2 is 2.12 bits per heavy atom. The van der Waals surface area contributed by atoms with Crippen LogP contribution in [0.4, 0.5) is 5.13 Å². The molecule has 4 heteroatoms. The number of aryl methyl sites for hydroxylation is 2. The Bertz CT molecular complexity index is 560. The molecule has 0 fully saturated rings. The van der Waals surface area contributed by atoms with Crippen LogP contribution in [-0.4, -0.2) is 10.8 Å². The maximum Gasteiger partial charge on any atom is 0.180 e. The average Bonchev–Trinajstić information content (AvgIpc) is 2.68. The molecular formula is C13H14N2OS. The van der Waals surface area contributed by atoms with Crippen molar-refractivity contribution in [3.63, 3.8) is 0 Å². The highest BCUT2D eigenvalue weighted by atomic mass is 32.1. The summed E-state index contributed by atoms with van der Waals surface area (Å²) >= 11 is 1.36. The van der Waals surface area contributed by atoms with Crippen LogP contribution >= 0.6 is 11.3 Å². The molecule has 2 aromatic rings. The predicted molar refractivity (Wildman–Crippen MR) is 70.5 cm³/mol. The number of hydrogen-bond donors (Lipinski definition) is 1. The molecule has 0 saturated carbocycles. The number of anilines is 1. The van der Waals surface area contributed by atoms with Crippen molar-refractivity contribution in [1.82, 2.24) is 4.98 Å². The summed E-state index contributed by atoms with van der Waals surface area (Å²) in [5.74, 6) is 0.0819. The highest BCUT2D eigenvalue weighted by Gasteiger charge is 2.10. The number of nitrogens with zero attached hydrogens (tertiary/aromatic N) is 1. The SMILES string of the molecule is Cc1ccc(C(=O)Cc2csc(N)n2)cc1C. The Hall–Kier alpha value is -1.68. The summed E-state index contributed by atoms with van der Waals surface area (Å²) < 4.78 is 0. The lowest BCUT2D eigenvalue weighted by Gasteiger charge is -2.03. The molecule has 0 atom stereocenters. The summed E-state index contributed by atoms with van der Waals surface area (Å²) in [6.45, 7) is 4.04. The van der Waals surface area contributed by atoms with E-state index in [9.17, 15) is 4.79 Å². The van der Waals surface area contributed by atoms with Crippen LogP contribution in [0.25, 0.3) is 0 Å². The summed E-state index contributed by atoms with van der Waals surface area (Å²) in [4.78, 5) is 16.1. The largest absolute Gasteiger partial charge is 0.375 e. The minimum atomic E-state index is 0.0819. The van der Waals surface area contributed by atoms with Crippen LogP contribution in [0.5, 0.6) is 0 Å². The third-order valence-electron chi connectivity index (χ3n) is 2.74. The van der Waals surface area contributed by atoms with Gasteiger partial charge in [0, 0.05) is 10.9 Å². The van der Waals surface area contributed by atoms with Crippen molar-refractivity contribution in [2.24, 2.45) is 0 Å². The molecule has 0 bridgehead atoms.